The van der Waals surface area contributed by atoms with Crippen LogP contribution in [-0.2, 0) is 16.1 Å². The zero-order chi connectivity index (χ0) is 25.9. The zero-order valence-electron chi connectivity index (χ0n) is 20.5. The van der Waals surface area contributed by atoms with Crippen molar-refractivity contribution in [2.75, 3.05) is 18.6 Å². The highest BCUT2D eigenvalue weighted by atomic mass is 35.5. The number of anilines is 1. The number of ether oxygens (including phenoxy) is 2. The summed E-state index contributed by atoms with van der Waals surface area (Å²) in [7, 11) is 1.34. The van der Waals surface area contributed by atoms with E-state index in [1.807, 2.05) is 72.2 Å². The predicted octanol–water partition coefficient (Wildman–Crippen LogP) is 6.37. The van der Waals surface area contributed by atoms with Crippen LogP contribution in [0.3, 0.4) is 0 Å². The minimum absolute atomic E-state index is 0.135. The number of hydrogen-bond acceptors (Lipinski definition) is 4. The number of rotatable bonds is 7. The van der Waals surface area contributed by atoms with Crippen LogP contribution in [0, 0.1) is 6.92 Å². The third-order valence-electron chi connectivity index (χ3n) is 6.24. The van der Waals surface area contributed by atoms with E-state index in [4.69, 9.17) is 21.1 Å². The molecule has 0 fully saturated rings. The smallest absolute Gasteiger partial charge is 0.337 e. The first-order chi connectivity index (χ1) is 17.9. The van der Waals surface area contributed by atoms with Gasteiger partial charge in [-0.25, -0.2) is 4.79 Å². The molecule has 6 nitrogen and oxygen atoms in total. The number of hydrogen-bond donors (Lipinski definition) is 0. The van der Waals surface area contributed by atoms with Gasteiger partial charge in [-0.2, -0.15) is 0 Å². The van der Waals surface area contributed by atoms with Gasteiger partial charge in [-0.05, 0) is 61.0 Å². The van der Waals surface area contributed by atoms with Crippen LogP contribution in [-0.4, -0.2) is 30.1 Å². The van der Waals surface area contributed by atoms with Crippen molar-refractivity contribution in [3.8, 4) is 22.7 Å². The number of esters is 1. The van der Waals surface area contributed by atoms with Gasteiger partial charge in [0.2, 0.25) is 0 Å². The van der Waals surface area contributed by atoms with Gasteiger partial charge < -0.3 is 18.9 Å². The molecule has 0 saturated carbocycles. The third-order valence-corrected chi connectivity index (χ3v) is 6.47. The van der Waals surface area contributed by atoms with Gasteiger partial charge in [0.05, 0.1) is 18.4 Å². The maximum atomic E-state index is 12.6. The molecule has 4 aromatic rings. The molecule has 1 amide bonds. The summed E-state index contributed by atoms with van der Waals surface area (Å²) in [5.74, 6) is 0.0587. The second-order valence-corrected chi connectivity index (χ2v) is 9.13. The van der Waals surface area contributed by atoms with Crippen molar-refractivity contribution in [2.45, 2.75) is 13.5 Å². The van der Waals surface area contributed by atoms with Gasteiger partial charge in [0, 0.05) is 40.3 Å². The molecule has 3 aromatic carbocycles. The van der Waals surface area contributed by atoms with E-state index < -0.39 is 5.97 Å². The first-order valence-electron chi connectivity index (χ1n) is 11.8. The Bertz CT molecular complexity index is 1510. The molecule has 0 saturated heterocycles. The number of benzene rings is 3. The molecule has 37 heavy (non-hydrogen) atoms. The van der Waals surface area contributed by atoms with Crippen molar-refractivity contribution >= 4 is 29.2 Å². The molecule has 1 aliphatic rings. The topological polar surface area (TPSA) is 60.8 Å². The number of aromatic nitrogens is 1. The number of carbonyl (C=O) groups excluding carboxylic acids is 2. The van der Waals surface area contributed by atoms with E-state index in [9.17, 15) is 9.59 Å². The van der Waals surface area contributed by atoms with E-state index in [0.29, 0.717) is 40.9 Å². The van der Waals surface area contributed by atoms with Crippen LogP contribution in [0.5, 0.6) is 5.75 Å². The first kappa shape index (κ1) is 24.4. The van der Waals surface area contributed by atoms with Gasteiger partial charge in [0.15, 0.2) is 0 Å². The SMILES string of the molecule is COC(=O)c1cc(N2CC=CC2=O)cc(-n2c(C)ccc2-c2cc(Cl)ccc2OCc2ccccc2)c1. The summed E-state index contributed by atoms with van der Waals surface area (Å²) in [5, 5.41) is 0.574. The summed E-state index contributed by atoms with van der Waals surface area (Å²) in [4.78, 5) is 26.6. The van der Waals surface area contributed by atoms with E-state index in [1.165, 1.54) is 13.2 Å². The van der Waals surface area contributed by atoms with E-state index >= 15 is 0 Å². The highest BCUT2D eigenvalue weighted by molar-refractivity contribution is 6.31. The molecule has 186 valence electrons. The van der Waals surface area contributed by atoms with Crippen LogP contribution in [0.4, 0.5) is 5.69 Å². The van der Waals surface area contributed by atoms with Crippen LogP contribution in [0.25, 0.3) is 16.9 Å². The van der Waals surface area contributed by atoms with Gasteiger partial charge in [0.1, 0.15) is 12.4 Å². The quantitative estimate of drug-likeness (QED) is 0.270. The summed E-state index contributed by atoms with van der Waals surface area (Å²) < 4.78 is 13.2. The van der Waals surface area contributed by atoms with Gasteiger partial charge >= 0.3 is 5.97 Å². The fourth-order valence-corrected chi connectivity index (χ4v) is 4.61. The number of nitrogens with zero attached hydrogens (tertiary/aromatic N) is 2. The second kappa shape index (κ2) is 10.4. The van der Waals surface area contributed by atoms with E-state index in [-0.39, 0.29) is 5.91 Å². The zero-order valence-corrected chi connectivity index (χ0v) is 21.2. The fraction of sp³-hybridized carbons (Fsp3) is 0.133. The molecule has 0 spiro atoms. The van der Waals surface area contributed by atoms with E-state index in [0.717, 1.165) is 22.5 Å². The molecule has 0 bridgehead atoms. The van der Waals surface area contributed by atoms with Crippen molar-refractivity contribution in [1.82, 2.24) is 4.57 Å². The average Bonchev–Trinajstić information content (AvgIpc) is 3.52. The van der Waals surface area contributed by atoms with Crippen molar-refractivity contribution in [1.29, 1.82) is 0 Å². The maximum Gasteiger partial charge on any atom is 0.337 e. The summed E-state index contributed by atoms with van der Waals surface area (Å²) in [6.45, 7) is 2.82. The standard InChI is InChI=1S/C30H25ClN2O4/c1-20-10-12-27(26-17-23(31)11-13-28(26)37-19-21-7-4-3-5-8-21)33(20)25-16-22(30(35)36-2)15-24(18-25)32-14-6-9-29(32)34/h3-13,15-18H,14,19H2,1-2H3. The van der Waals surface area contributed by atoms with Crippen LogP contribution in [0.2, 0.25) is 5.02 Å². The normalized spacial score (nSPS) is 12.7. The molecule has 5 rings (SSSR count). The Balaban J connectivity index is 1.61. The predicted molar refractivity (Wildman–Crippen MR) is 145 cm³/mol. The second-order valence-electron chi connectivity index (χ2n) is 8.69. The van der Waals surface area contributed by atoms with Crippen LogP contribution in [0.1, 0.15) is 21.6 Å². The van der Waals surface area contributed by atoms with E-state index in [2.05, 4.69) is 0 Å². The third kappa shape index (κ3) is 5.01. The van der Waals surface area contributed by atoms with Gasteiger partial charge in [-0.1, -0.05) is 48.0 Å². The van der Waals surface area contributed by atoms with Crippen LogP contribution in [0.15, 0.2) is 91.0 Å². The lowest BCUT2D eigenvalue weighted by Gasteiger charge is -2.21. The molecule has 1 aliphatic heterocycles. The molecule has 1 aromatic heterocycles. The fourth-order valence-electron chi connectivity index (χ4n) is 4.44. The Morgan fingerprint density at radius 1 is 0.973 bits per heavy atom. The molecule has 2 heterocycles. The lowest BCUT2D eigenvalue weighted by Crippen LogP contribution is -2.25. The van der Waals surface area contributed by atoms with Gasteiger partial charge in [-0.15, -0.1) is 0 Å². The monoisotopic (exact) mass is 512 g/mol. The largest absolute Gasteiger partial charge is 0.488 e. The molecule has 0 aliphatic carbocycles. The Labute approximate surface area is 220 Å². The molecule has 0 N–H and O–H groups in total. The molecule has 7 heteroatoms. The average molecular weight is 513 g/mol. The minimum atomic E-state index is -0.483. The van der Waals surface area contributed by atoms with Crippen LogP contribution < -0.4 is 9.64 Å². The van der Waals surface area contributed by atoms with Crippen molar-refractivity contribution in [3.63, 3.8) is 0 Å². The summed E-state index contributed by atoms with van der Waals surface area (Å²) >= 11 is 6.42. The Morgan fingerprint density at radius 2 is 1.76 bits per heavy atom. The lowest BCUT2D eigenvalue weighted by atomic mass is 10.1. The minimum Gasteiger partial charge on any atom is -0.488 e. The van der Waals surface area contributed by atoms with Crippen LogP contribution >= 0.6 is 11.6 Å². The van der Waals surface area contributed by atoms with Gasteiger partial charge in [0.25, 0.3) is 5.91 Å². The summed E-state index contributed by atoms with van der Waals surface area (Å²) in [6.07, 6.45) is 3.32. The van der Waals surface area contributed by atoms with Crippen molar-refractivity contribution < 1.29 is 19.1 Å². The summed E-state index contributed by atoms with van der Waals surface area (Å²) in [5.41, 5.74) is 5.29. The molecule has 0 atom stereocenters. The number of amides is 1. The number of carbonyl (C=O) groups is 2. The van der Waals surface area contributed by atoms with E-state index in [1.54, 1.807) is 29.2 Å². The molecular formula is C30H25ClN2O4. The maximum absolute atomic E-state index is 12.6. The Kier molecular flexibility index (Phi) is 6.84. The molecule has 0 unspecified atom stereocenters. The highest BCUT2D eigenvalue weighted by Crippen LogP contribution is 2.37. The summed E-state index contributed by atoms with van der Waals surface area (Å²) in [6, 6.07) is 24.8. The highest BCUT2D eigenvalue weighted by Gasteiger charge is 2.22. The Morgan fingerprint density at radius 3 is 2.49 bits per heavy atom. The first-order valence-corrected chi connectivity index (χ1v) is 12.2. The Hall–Kier alpha value is -4.29. The lowest BCUT2D eigenvalue weighted by molar-refractivity contribution is -0.113. The van der Waals surface area contributed by atoms with Crippen molar-refractivity contribution in [2.24, 2.45) is 0 Å². The van der Waals surface area contributed by atoms with Gasteiger partial charge in [-0.3, -0.25) is 4.79 Å². The van der Waals surface area contributed by atoms with Crippen molar-refractivity contribution in [3.05, 3.63) is 113 Å². The number of aryl methyl sites for hydroxylation is 1. The number of halogens is 1. The number of methoxy groups -OCH3 is 1. The molecular weight excluding hydrogens is 488 g/mol. The molecule has 0 radical (unpaired) electrons.